The third-order valence-electron chi connectivity index (χ3n) is 3.77. The van der Waals surface area contributed by atoms with Gasteiger partial charge in [0.1, 0.15) is 5.82 Å². The van der Waals surface area contributed by atoms with Crippen molar-refractivity contribution in [1.29, 1.82) is 0 Å². The average molecular weight is 393 g/mol. The maximum Gasteiger partial charge on any atom is 0.343 e. The molecular weight excluding hydrogens is 377 g/mol. The van der Waals surface area contributed by atoms with Gasteiger partial charge in [0.05, 0.1) is 18.9 Å². The lowest BCUT2D eigenvalue weighted by molar-refractivity contribution is 0.0729. The lowest BCUT2D eigenvalue weighted by atomic mass is 10.2. The SMILES string of the molecule is COc1cc(C=NNC(=O)c2ccncc2)ccc1OC(=O)c1cccc(F)c1. The Kier molecular flexibility index (Phi) is 6.26. The molecule has 29 heavy (non-hydrogen) atoms. The van der Waals surface area contributed by atoms with E-state index in [1.54, 1.807) is 24.3 Å². The number of methoxy groups -OCH3 is 1. The highest BCUT2D eigenvalue weighted by Gasteiger charge is 2.13. The van der Waals surface area contributed by atoms with Crippen LogP contribution in [0.3, 0.4) is 0 Å². The number of nitrogens with one attached hydrogen (secondary N) is 1. The molecule has 1 N–H and O–H groups in total. The molecule has 1 amide bonds. The molecule has 0 aliphatic carbocycles. The lowest BCUT2D eigenvalue weighted by Gasteiger charge is -2.10. The van der Waals surface area contributed by atoms with Crippen LogP contribution in [0.25, 0.3) is 0 Å². The second-order valence-electron chi connectivity index (χ2n) is 5.75. The molecule has 0 saturated carbocycles. The minimum atomic E-state index is -0.714. The smallest absolute Gasteiger partial charge is 0.343 e. The van der Waals surface area contributed by atoms with E-state index < -0.39 is 11.8 Å². The van der Waals surface area contributed by atoms with Crippen molar-refractivity contribution in [3.8, 4) is 11.5 Å². The van der Waals surface area contributed by atoms with E-state index in [-0.39, 0.29) is 23.0 Å². The Hall–Kier alpha value is -4.07. The van der Waals surface area contributed by atoms with Gasteiger partial charge in [-0.3, -0.25) is 9.78 Å². The molecule has 3 aromatic rings. The number of aromatic nitrogens is 1. The predicted octanol–water partition coefficient (Wildman–Crippen LogP) is 3.21. The fraction of sp³-hybridized carbons (Fsp3) is 0.0476. The number of benzene rings is 2. The summed E-state index contributed by atoms with van der Waals surface area (Å²) in [5.74, 6) is -1.18. The zero-order valence-corrected chi connectivity index (χ0v) is 15.3. The largest absolute Gasteiger partial charge is 0.493 e. The van der Waals surface area contributed by atoms with Crippen LogP contribution in [-0.2, 0) is 0 Å². The van der Waals surface area contributed by atoms with Crippen LogP contribution in [0.1, 0.15) is 26.3 Å². The summed E-state index contributed by atoms with van der Waals surface area (Å²) in [6.07, 6.45) is 4.43. The fourth-order valence-corrected chi connectivity index (χ4v) is 2.36. The van der Waals surface area contributed by atoms with Crippen molar-refractivity contribution in [3.63, 3.8) is 0 Å². The number of carbonyl (C=O) groups is 2. The van der Waals surface area contributed by atoms with Gasteiger partial charge in [0, 0.05) is 18.0 Å². The van der Waals surface area contributed by atoms with Gasteiger partial charge >= 0.3 is 5.97 Å². The molecule has 2 aromatic carbocycles. The van der Waals surface area contributed by atoms with E-state index in [1.165, 1.54) is 50.0 Å². The Morgan fingerprint density at radius 1 is 1.03 bits per heavy atom. The van der Waals surface area contributed by atoms with E-state index in [9.17, 15) is 14.0 Å². The van der Waals surface area contributed by atoms with Gasteiger partial charge in [-0.15, -0.1) is 0 Å². The number of nitrogens with zero attached hydrogens (tertiary/aromatic N) is 2. The Balaban J connectivity index is 1.68. The highest BCUT2D eigenvalue weighted by atomic mass is 19.1. The van der Waals surface area contributed by atoms with Gasteiger partial charge in [-0.25, -0.2) is 14.6 Å². The van der Waals surface area contributed by atoms with Gasteiger partial charge in [-0.1, -0.05) is 6.07 Å². The van der Waals surface area contributed by atoms with Crippen LogP contribution in [0.5, 0.6) is 11.5 Å². The standard InChI is InChI=1S/C21H16FN3O4/c1-28-19-11-14(13-24-25-20(26)15-7-9-23-10-8-15)5-6-18(19)29-21(27)16-3-2-4-17(22)12-16/h2-13H,1H3,(H,25,26). The summed E-state index contributed by atoms with van der Waals surface area (Å²) in [5.41, 5.74) is 3.50. The van der Waals surface area contributed by atoms with E-state index >= 15 is 0 Å². The number of ether oxygens (including phenoxy) is 2. The number of esters is 1. The summed E-state index contributed by atoms with van der Waals surface area (Å²) in [6.45, 7) is 0. The van der Waals surface area contributed by atoms with Crippen molar-refractivity contribution in [1.82, 2.24) is 10.4 Å². The monoisotopic (exact) mass is 393 g/mol. The van der Waals surface area contributed by atoms with Crippen LogP contribution >= 0.6 is 0 Å². The zero-order chi connectivity index (χ0) is 20.6. The normalized spacial score (nSPS) is 10.6. The molecule has 0 aliphatic rings. The minimum Gasteiger partial charge on any atom is -0.493 e. The molecule has 0 bridgehead atoms. The van der Waals surface area contributed by atoms with Gasteiger partial charge in [-0.05, 0) is 54.1 Å². The summed E-state index contributed by atoms with van der Waals surface area (Å²) in [7, 11) is 1.42. The van der Waals surface area contributed by atoms with Crippen molar-refractivity contribution >= 4 is 18.1 Å². The number of amides is 1. The van der Waals surface area contributed by atoms with Gasteiger partial charge in [-0.2, -0.15) is 5.10 Å². The highest BCUT2D eigenvalue weighted by Crippen LogP contribution is 2.28. The number of halogens is 1. The number of hydrogen-bond donors (Lipinski definition) is 1. The van der Waals surface area contributed by atoms with Gasteiger partial charge in [0.2, 0.25) is 0 Å². The summed E-state index contributed by atoms with van der Waals surface area (Å²) in [4.78, 5) is 27.9. The molecule has 1 heterocycles. The van der Waals surface area contributed by atoms with Crippen molar-refractivity contribution in [2.45, 2.75) is 0 Å². The molecule has 0 radical (unpaired) electrons. The van der Waals surface area contributed by atoms with E-state index in [1.807, 2.05) is 0 Å². The maximum atomic E-state index is 13.3. The number of carbonyl (C=O) groups excluding carboxylic acids is 2. The molecule has 0 spiro atoms. The Morgan fingerprint density at radius 2 is 1.83 bits per heavy atom. The molecule has 1 aromatic heterocycles. The first-order chi connectivity index (χ1) is 14.1. The van der Waals surface area contributed by atoms with Crippen LogP contribution in [0.2, 0.25) is 0 Å². The maximum absolute atomic E-state index is 13.3. The van der Waals surface area contributed by atoms with Crippen LogP contribution in [0.15, 0.2) is 72.1 Å². The Labute approximate surface area is 165 Å². The molecular formula is C21H16FN3O4. The summed E-state index contributed by atoms with van der Waals surface area (Å²) >= 11 is 0. The Morgan fingerprint density at radius 3 is 2.55 bits per heavy atom. The summed E-state index contributed by atoms with van der Waals surface area (Å²) in [5, 5.41) is 3.89. The first-order valence-corrected chi connectivity index (χ1v) is 8.46. The van der Waals surface area contributed by atoms with E-state index in [4.69, 9.17) is 9.47 Å². The molecule has 0 saturated heterocycles. The van der Waals surface area contributed by atoms with Gasteiger partial charge in [0.15, 0.2) is 11.5 Å². The third-order valence-corrected chi connectivity index (χ3v) is 3.77. The number of hydrogen-bond acceptors (Lipinski definition) is 6. The molecule has 0 aliphatic heterocycles. The third kappa shape index (κ3) is 5.23. The average Bonchev–Trinajstić information content (AvgIpc) is 2.75. The van der Waals surface area contributed by atoms with Crippen LogP contribution in [0.4, 0.5) is 4.39 Å². The topological polar surface area (TPSA) is 89.9 Å². The fourth-order valence-electron chi connectivity index (χ4n) is 2.36. The Bertz CT molecular complexity index is 1050. The molecule has 146 valence electrons. The van der Waals surface area contributed by atoms with E-state index in [0.717, 1.165) is 6.07 Å². The predicted molar refractivity (Wildman–Crippen MR) is 104 cm³/mol. The molecule has 3 rings (SSSR count). The first-order valence-electron chi connectivity index (χ1n) is 8.46. The molecule has 0 atom stereocenters. The summed E-state index contributed by atoms with van der Waals surface area (Å²) in [6, 6.07) is 13.0. The highest BCUT2D eigenvalue weighted by molar-refractivity contribution is 5.95. The van der Waals surface area contributed by atoms with Gasteiger partial charge in [0.25, 0.3) is 5.91 Å². The number of pyridine rings is 1. The quantitative estimate of drug-likeness (QED) is 0.301. The van der Waals surface area contributed by atoms with Crippen LogP contribution in [-0.4, -0.2) is 30.2 Å². The van der Waals surface area contributed by atoms with E-state index in [2.05, 4.69) is 15.5 Å². The molecule has 0 unspecified atom stereocenters. The van der Waals surface area contributed by atoms with Crippen LogP contribution in [0, 0.1) is 5.82 Å². The van der Waals surface area contributed by atoms with Gasteiger partial charge < -0.3 is 9.47 Å². The van der Waals surface area contributed by atoms with Crippen LogP contribution < -0.4 is 14.9 Å². The first kappa shape index (κ1) is 19.7. The number of hydrazone groups is 1. The van der Waals surface area contributed by atoms with Crippen molar-refractivity contribution < 1.29 is 23.5 Å². The van der Waals surface area contributed by atoms with Crippen molar-refractivity contribution in [3.05, 3.63) is 89.5 Å². The van der Waals surface area contributed by atoms with E-state index in [0.29, 0.717) is 11.1 Å². The summed E-state index contributed by atoms with van der Waals surface area (Å²) < 4.78 is 23.8. The molecule has 0 fully saturated rings. The lowest BCUT2D eigenvalue weighted by Crippen LogP contribution is -2.17. The number of rotatable bonds is 6. The molecule has 8 heteroatoms. The minimum absolute atomic E-state index is 0.0801. The zero-order valence-electron chi connectivity index (χ0n) is 15.3. The van der Waals surface area contributed by atoms with Crippen molar-refractivity contribution in [2.24, 2.45) is 5.10 Å². The van der Waals surface area contributed by atoms with Crippen molar-refractivity contribution in [2.75, 3.05) is 7.11 Å². The molecule has 7 nitrogen and oxygen atoms in total. The second kappa shape index (κ2) is 9.23. The second-order valence-corrected chi connectivity index (χ2v) is 5.75.